The Labute approximate surface area is 244 Å². The Hall–Kier alpha value is -5.75. The summed E-state index contributed by atoms with van der Waals surface area (Å²) in [4.78, 5) is 59.5. The highest BCUT2D eigenvalue weighted by atomic mass is 16.5. The number of carbonyl (C=O) groups is 2. The van der Waals surface area contributed by atoms with Gasteiger partial charge < -0.3 is 10.3 Å². The van der Waals surface area contributed by atoms with E-state index in [4.69, 9.17) is 10.2 Å². The van der Waals surface area contributed by atoms with E-state index in [1.54, 1.807) is 34.6 Å². The van der Waals surface area contributed by atoms with Crippen molar-refractivity contribution in [2.24, 2.45) is 0 Å². The summed E-state index contributed by atoms with van der Waals surface area (Å²) < 4.78 is 1.61. The second-order valence-electron chi connectivity index (χ2n) is 9.79. The van der Waals surface area contributed by atoms with Crippen molar-refractivity contribution in [3.8, 4) is 5.69 Å². The molecule has 0 unspecified atom stereocenters. The number of aromatic nitrogens is 6. The molecule has 1 amide bonds. The van der Waals surface area contributed by atoms with Crippen molar-refractivity contribution < 1.29 is 14.8 Å². The molecule has 4 N–H and O–H groups in total. The highest BCUT2D eigenvalue weighted by Crippen LogP contribution is 2.20. The molecule has 0 saturated carbocycles. The molecule has 0 spiro atoms. The molecule has 214 valence electrons. The van der Waals surface area contributed by atoms with Gasteiger partial charge >= 0.3 is 0 Å². The maximum atomic E-state index is 14.1. The molecule has 43 heavy (non-hydrogen) atoms. The number of carbonyl (C=O) groups excluding carboxylic acids is 2. The number of aromatic amines is 1. The number of aryl methyl sites for hydroxylation is 1. The third-order valence-corrected chi connectivity index (χ3v) is 7.08. The molecule has 0 aliphatic carbocycles. The monoisotopic (exact) mass is 574 g/mol. The number of hydrogen-bond donors (Lipinski definition) is 4. The average molecular weight is 575 g/mol. The lowest BCUT2D eigenvalue weighted by Crippen LogP contribution is -2.25. The summed E-state index contributed by atoms with van der Waals surface area (Å²) in [5.41, 5.74) is 4.95. The first-order valence-corrected chi connectivity index (χ1v) is 13.6. The third kappa shape index (κ3) is 5.59. The highest BCUT2D eigenvalue weighted by Gasteiger charge is 2.18. The second-order valence-corrected chi connectivity index (χ2v) is 9.79. The van der Waals surface area contributed by atoms with Gasteiger partial charge in [-0.1, -0.05) is 42.5 Å². The fraction of sp³-hybridized carbons (Fsp3) is 0.129. The van der Waals surface area contributed by atoms with Crippen LogP contribution in [0.2, 0.25) is 0 Å². The van der Waals surface area contributed by atoms with Crippen LogP contribution < -0.4 is 16.4 Å². The summed E-state index contributed by atoms with van der Waals surface area (Å²) in [6.07, 6.45) is 4.16. The van der Waals surface area contributed by atoms with Crippen molar-refractivity contribution in [1.29, 1.82) is 0 Å². The van der Waals surface area contributed by atoms with Gasteiger partial charge in [0, 0.05) is 30.5 Å². The lowest BCUT2D eigenvalue weighted by molar-refractivity contribution is 0.0706. The van der Waals surface area contributed by atoms with E-state index < -0.39 is 5.91 Å². The maximum absolute atomic E-state index is 14.1. The Kier molecular flexibility index (Phi) is 7.66. The number of para-hydroxylation sites is 1. The Morgan fingerprint density at radius 2 is 1.70 bits per heavy atom. The van der Waals surface area contributed by atoms with Crippen LogP contribution in [0.4, 0.5) is 5.82 Å². The quantitative estimate of drug-likeness (QED) is 0.0826. The van der Waals surface area contributed by atoms with Crippen molar-refractivity contribution in [2.45, 2.75) is 19.3 Å². The molecule has 0 bridgehead atoms. The Morgan fingerprint density at radius 1 is 0.907 bits per heavy atom. The Bertz CT molecular complexity index is 2000. The van der Waals surface area contributed by atoms with E-state index in [0.29, 0.717) is 69.9 Å². The normalized spacial score (nSPS) is 11.1. The Morgan fingerprint density at radius 3 is 2.49 bits per heavy atom. The number of hydrogen-bond acceptors (Lipinski definition) is 9. The lowest BCUT2D eigenvalue weighted by atomic mass is 9.99. The van der Waals surface area contributed by atoms with Crippen molar-refractivity contribution in [3.63, 3.8) is 0 Å². The summed E-state index contributed by atoms with van der Waals surface area (Å²) in [5, 5.41) is 12.5. The number of imidazole rings is 1. The van der Waals surface area contributed by atoms with E-state index in [1.165, 1.54) is 30.6 Å². The van der Waals surface area contributed by atoms with Crippen molar-refractivity contribution in [3.05, 3.63) is 118 Å². The van der Waals surface area contributed by atoms with Gasteiger partial charge in [-0.15, -0.1) is 0 Å². The number of nitrogens with one attached hydrogen (secondary N) is 3. The zero-order valence-corrected chi connectivity index (χ0v) is 22.8. The minimum atomic E-state index is -0.670. The number of hydroxylamine groups is 1. The van der Waals surface area contributed by atoms with Gasteiger partial charge in [-0.3, -0.25) is 24.2 Å². The molecule has 0 fully saturated rings. The number of ketones is 1. The molecule has 0 aliphatic heterocycles. The maximum Gasteiger partial charge on any atom is 0.274 e. The summed E-state index contributed by atoms with van der Waals surface area (Å²) in [6.45, 7) is 0.564. The van der Waals surface area contributed by atoms with Gasteiger partial charge in [-0.25, -0.2) is 25.4 Å². The van der Waals surface area contributed by atoms with Crippen LogP contribution in [-0.2, 0) is 12.8 Å². The number of anilines is 1. The van der Waals surface area contributed by atoms with Crippen LogP contribution in [0.25, 0.3) is 27.8 Å². The highest BCUT2D eigenvalue weighted by molar-refractivity contribution is 6.01. The van der Waals surface area contributed by atoms with Gasteiger partial charge in [0.25, 0.3) is 11.5 Å². The van der Waals surface area contributed by atoms with E-state index in [-0.39, 0.29) is 23.3 Å². The molecule has 6 rings (SSSR count). The predicted molar refractivity (Wildman–Crippen MR) is 160 cm³/mol. The second kappa shape index (κ2) is 12.0. The molecule has 3 aromatic carbocycles. The summed E-state index contributed by atoms with van der Waals surface area (Å²) in [5.74, 6) is 0.328. The van der Waals surface area contributed by atoms with E-state index in [2.05, 4.69) is 25.3 Å². The largest absolute Gasteiger partial charge is 0.368 e. The van der Waals surface area contributed by atoms with E-state index >= 15 is 0 Å². The van der Waals surface area contributed by atoms with Crippen LogP contribution in [0.1, 0.15) is 38.5 Å². The first-order valence-electron chi connectivity index (χ1n) is 13.6. The first kappa shape index (κ1) is 27.4. The van der Waals surface area contributed by atoms with Gasteiger partial charge in [-0.2, -0.15) is 0 Å². The molecule has 12 heteroatoms. The number of fused-ring (bicyclic) bond motifs is 2. The topological polar surface area (TPSA) is 168 Å². The molecular formula is C31H26N8O4. The van der Waals surface area contributed by atoms with Crippen LogP contribution in [0.5, 0.6) is 0 Å². The van der Waals surface area contributed by atoms with Gasteiger partial charge in [0.2, 0.25) is 0 Å². The molecule has 0 radical (unpaired) electrons. The third-order valence-electron chi connectivity index (χ3n) is 7.08. The van der Waals surface area contributed by atoms with Gasteiger partial charge in [0.15, 0.2) is 17.2 Å². The smallest absolute Gasteiger partial charge is 0.274 e. The SMILES string of the molecule is O=C(Cc1cccc2nc(CCCNc3ncnc4[nH]cnc34)n(-c3ccccc3)c(=O)c12)c1ccc(C(=O)NO)cc1. The fourth-order valence-corrected chi connectivity index (χ4v) is 5.00. The predicted octanol–water partition coefficient (Wildman–Crippen LogP) is 3.64. The number of nitrogens with zero attached hydrogens (tertiary/aromatic N) is 5. The number of H-pyrrole nitrogens is 1. The van der Waals surface area contributed by atoms with Crippen molar-refractivity contribution in [1.82, 2.24) is 35.0 Å². The zero-order chi connectivity index (χ0) is 29.8. The fourth-order valence-electron chi connectivity index (χ4n) is 5.00. The van der Waals surface area contributed by atoms with Crippen molar-refractivity contribution in [2.75, 3.05) is 11.9 Å². The number of amides is 1. The van der Waals surface area contributed by atoms with Crippen LogP contribution in [0.15, 0.2) is 90.2 Å². The van der Waals surface area contributed by atoms with Gasteiger partial charge in [-0.05, 0) is 42.3 Å². The van der Waals surface area contributed by atoms with E-state index in [9.17, 15) is 14.4 Å². The lowest BCUT2D eigenvalue weighted by Gasteiger charge is -2.15. The minimum absolute atomic E-state index is 0.0293. The summed E-state index contributed by atoms with van der Waals surface area (Å²) in [6, 6.07) is 20.6. The molecule has 0 aliphatic rings. The Balaban J connectivity index is 1.29. The number of Topliss-reactive ketones (excluding diaryl/α,β-unsaturated/α-hetero) is 1. The molecule has 6 aromatic rings. The minimum Gasteiger partial charge on any atom is -0.368 e. The first-order chi connectivity index (χ1) is 21.0. The molecule has 3 heterocycles. The van der Waals surface area contributed by atoms with Gasteiger partial charge in [0.05, 0.1) is 22.9 Å². The average Bonchev–Trinajstić information content (AvgIpc) is 3.53. The van der Waals surface area contributed by atoms with E-state index in [0.717, 1.165) is 0 Å². The molecule has 0 atom stereocenters. The van der Waals surface area contributed by atoms with Crippen LogP contribution in [-0.4, -0.2) is 52.9 Å². The molecular weight excluding hydrogens is 548 g/mol. The summed E-state index contributed by atoms with van der Waals surface area (Å²) >= 11 is 0. The van der Waals surface area contributed by atoms with Crippen LogP contribution in [0.3, 0.4) is 0 Å². The standard InChI is InChI=1S/C31H26N8O4/c40-24(19-11-13-20(14-12-19)30(41)38-43)16-21-6-4-9-23-26(21)31(42)39(22-7-2-1-3-8-22)25(37-23)10-5-15-32-28-27-29(34-17-33-27)36-18-35-28/h1-4,6-9,11-14,17-18,43H,5,10,15-16H2,(H,38,41)(H2,32,33,34,35,36). The number of benzene rings is 3. The summed E-state index contributed by atoms with van der Waals surface area (Å²) in [7, 11) is 0. The van der Waals surface area contributed by atoms with Crippen molar-refractivity contribution >= 4 is 39.6 Å². The molecule has 12 nitrogen and oxygen atoms in total. The van der Waals surface area contributed by atoms with Crippen LogP contribution in [0, 0.1) is 0 Å². The molecule has 0 saturated heterocycles. The number of rotatable bonds is 10. The molecule has 3 aromatic heterocycles. The van der Waals surface area contributed by atoms with E-state index in [1.807, 2.05) is 30.3 Å². The zero-order valence-electron chi connectivity index (χ0n) is 22.8. The van der Waals surface area contributed by atoms with Crippen LogP contribution >= 0.6 is 0 Å². The van der Waals surface area contributed by atoms with Gasteiger partial charge in [0.1, 0.15) is 17.7 Å².